The summed E-state index contributed by atoms with van der Waals surface area (Å²) in [7, 11) is 0. The van der Waals surface area contributed by atoms with Gasteiger partial charge in [-0.2, -0.15) is 18.4 Å². The first-order chi connectivity index (χ1) is 18.4. The highest BCUT2D eigenvalue weighted by Gasteiger charge is 2.35. The minimum absolute atomic E-state index is 0.0188. The van der Waals surface area contributed by atoms with E-state index in [0.29, 0.717) is 4.90 Å². The quantitative estimate of drug-likeness (QED) is 0.246. The third-order valence-corrected chi connectivity index (χ3v) is 6.35. The Balaban J connectivity index is 1.78. The van der Waals surface area contributed by atoms with E-state index in [0.717, 1.165) is 23.9 Å². The van der Waals surface area contributed by atoms with Crippen LogP contribution < -0.4 is 10.6 Å². The zero-order chi connectivity index (χ0) is 28.5. The summed E-state index contributed by atoms with van der Waals surface area (Å²) in [6.07, 6.45) is -3.10. The fourth-order valence-electron chi connectivity index (χ4n) is 3.88. The zero-order valence-corrected chi connectivity index (χ0v) is 21.0. The molecule has 1 heterocycles. The molecule has 4 aromatic rings. The van der Waals surface area contributed by atoms with Gasteiger partial charge in [-0.05, 0) is 59.8 Å². The smallest absolute Gasteiger partial charge is 0.417 e. The van der Waals surface area contributed by atoms with Crippen LogP contribution in [0.15, 0.2) is 57.9 Å². The molecule has 0 fully saturated rings. The summed E-state index contributed by atoms with van der Waals surface area (Å²) in [4.78, 5) is 36.3. The van der Waals surface area contributed by atoms with E-state index in [2.05, 4.69) is 15.8 Å². The number of amides is 2. The van der Waals surface area contributed by atoms with E-state index in [1.165, 1.54) is 43.3 Å². The third-order valence-electron chi connectivity index (χ3n) is 5.57. The highest BCUT2D eigenvalue weighted by Crippen LogP contribution is 2.43. The number of nitrogens with one attached hydrogen (secondary N) is 2. The van der Waals surface area contributed by atoms with Crippen LogP contribution in [0.1, 0.15) is 38.9 Å². The Labute approximate surface area is 222 Å². The molecule has 0 saturated carbocycles. The van der Waals surface area contributed by atoms with E-state index in [1.54, 1.807) is 6.26 Å². The maximum Gasteiger partial charge on any atom is 0.417 e. The average molecular weight is 555 g/mol. The minimum atomic E-state index is -4.75. The predicted octanol–water partition coefficient (Wildman–Crippen LogP) is 6.02. The number of aromatic carboxylic acids is 1. The Kier molecular flexibility index (Phi) is 7.33. The maximum absolute atomic E-state index is 14.0. The van der Waals surface area contributed by atoms with Crippen LogP contribution in [0.25, 0.3) is 22.1 Å². The number of carbonyl (C=O) groups is 3. The normalized spacial score (nSPS) is 11.2. The molecule has 1 aromatic heterocycles. The number of fused-ring (bicyclic) bond motifs is 1. The summed E-state index contributed by atoms with van der Waals surface area (Å²) in [5.41, 5.74) is -1.53. The van der Waals surface area contributed by atoms with Gasteiger partial charge >= 0.3 is 12.1 Å². The van der Waals surface area contributed by atoms with Crippen LogP contribution in [-0.2, 0) is 11.0 Å². The molecule has 0 saturated heterocycles. The number of carboxylic acids is 1. The molecule has 0 radical (unpaired) electrons. The number of alkyl halides is 3. The number of carboxylic acid groups (broad SMARTS) is 1. The molecule has 0 aliphatic carbocycles. The highest BCUT2D eigenvalue weighted by atomic mass is 32.2. The van der Waals surface area contributed by atoms with Crippen molar-refractivity contribution in [2.75, 3.05) is 16.9 Å². The second-order valence-electron chi connectivity index (χ2n) is 8.15. The Morgan fingerprint density at radius 3 is 2.41 bits per heavy atom. The van der Waals surface area contributed by atoms with Gasteiger partial charge in [-0.3, -0.25) is 9.59 Å². The number of anilines is 2. The second-order valence-corrected chi connectivity index (χ2v) is 9.00. The molecule has 3 N–H and O–H groups in total. The van der Waals surface area contributed by atoms with E-state index >= 15 is 0 Å². The molecule has 13 heteroatoms. The van der Waals surface area contributed by atoms with Gasteiger partial charge in [0.1, 0.15) is 0 Å². The Morgan fingerprint density at radius 1 is 1.05 bits per heavy atom. The number of benzene rings is 3. The van der Waals surface area contributed by atoms with Crippen molar-refractivity contribution in [1.29, 1.82) is 5.26 Å². The van der Waals surface area contributed by atoms with Crippen molar-refractivity contribution in [3.8, 4) is 17.2 Å². The van der Waals surface area contributed by atoms with Crippen LogP contribution in [0.2, 0.25) is 0 Å². The summed E-state index contributed by atoms with van der Waals surface area (Å²) >= 11 is 1.13. The maximum atomic E-state index is 14.0. The molecule has 4 rings (SSSR count). The SMILES string of the molecule is CSc1cc2c(C(=O)Nc3ccc(C#N)cc3C(=O)O)noc2cc1-c1ccc(NC(C)=O)cc1C(F)(F)F. The molecule has 3 aromatic carbocycles. The van der Waals surface area contributed by atoms with Crippen LogP contribution in [0.3, 0.4) is 0 Å². The van der Waals surface area contributed by atoms with Gasteiger partial charge in [0.25, 0.3) is 5.91 Å². The summed E-state index contributed by atoms with van der Waals surface area (Å²) in [5.74, 6) is -2.71. The lowest BCUT2D eigenvalue weighted by Crippen LogP contribution is -2.15. The van der Waals surface area contributed by atoms with Gasteiger partial charge in [0, 0.05) is 17.5 Å². The van der Waals surface area contributed by atoms with E-state index in [9.17, 15) is 32.7 Å². The Hall–Kier alpha value is -4.83. The molecule has 0 atom stereocenters. The van der Waals surface area contributed by atoms with Gasteiger partial charge in [-0.25, -0.2) is 4.79 Å². The lowest BCUT2D eigenvalue weighted by Gasteiger charge is -2.17. The first-order valence-corrected chi connectivity index (χ1v) is 12.2. The standard InChI is InChI=1S/C26H17F3N4O5S/c1-12(34)31-14-4-5-15(19(8-14)26(27,28)29)16-9-21-18(10-22(16)39-2)23(33-38-21)24(35)32-20-6-3-13(11-30)7-17(20)25(36)37/h3-10H,1-2H3,(H,31,34)(H,32,35)(H,36,37). The second kappa shape index (κ2) is 10.5. The van der Waals surface area contributed by atoms with Crippen molar-refractivity contribution in [2.45, 2.75) is 18.0 Å². The van der Waals surface area contributed by atoms with Crippen LogP contribution in [0, 0.1) is 11.3 Å². The largest absolute Gasteiger partial charge is 0.478 e. The van der Waals surface area contributed by atoms with Crippen LogP contribution in [0.4, 0.5) is 24.5 Å². The lowest BCUT2D eigenvalue weighted by atomic mass is 9.97. The Morgan fingerprint density at radius 2 is 1.79 bits per heavy atom. The fraction of sp³-hybridized carbons (Fsp3) is 0.115. The van der Waals surface area contributed by atoms with Crippen LogP contribution in [0.5, 0.6) is 0 Å². The number of nitrogens with zero attached hydrogens (tertiary/aromatic N) is 2. The predicted molar refractivity (Wildman–Crippen MR) is 137 cm³/mol. The molecule has 0 aliphatic rings. The highest BCUT2D eigenvalue weighted by molar-refractivity contribution is 7.98. The molecule has 9 nitrogen and oxygen atoms in total. The monoisotopic (exact) mass is 554 g/mol. The van der Waals surface area contributed by atoms with Crippen molar-refractivity contribution in [3.63, 3.8) is 0 Å². The zero-order valence-electron chi connectivity index (χ0n) is 20.1. The van der Waals surface area contributed by atoms with Crippen molar-refractivity contribution < 1.29 is 37.2 Å². The summed E-state index contributed by atoms with van der Waals surface area (Å²) in [5, 5.41) is 27.2. The molecular formula is C26H17F3N4O5S. The summed E-state index contributed by atoms with van der Waals surface area (Å²) in [6.45, 7) is 1.18. The van der Waals surface area contributed by atoms with Crippen LogP contribution in [-0.4, -0.2) is 34.3 Å². The first kappa shape index (κ1) is 27.2. The van der Waals surface area contributed by atoms with E-state index < -0.39 is 29.5 Å². The molecule has 39 heavy (non-hydrogen) atoms. The third kappa shape index (κ3) is 5.55. The number of hydrogen-bond acceptors (Lipinski definition) is 7. The lowest BCUT2D eigenvalue weighted by molar-refractivity contribution is -0.137. The molecule has 2 amide bonds. The van der Waals surface area contributed by atoms with Crippen molar-refractivity contribution in [3.05, 3.63) is 70.9 Å². The molecule has 0 unspecified atom stereocenters. The number of thioether (sulfide) groups is 1. The number of aromatic nitrogens is 1. The van der Waals surface area contributed by atoms with Crippen LogP contribution >= 0.6 is 11.8 Å². The van der Waals surface area contributed by atoms with Crippen molar-refractivity contribution in [2.24, 2.45) is 0 Å². The van der Waals surface area contributed by atoms with E-state index in [-0.39, 0.29) is 50.3 Å². The first-order valence-electron chi connectivity index (χ1n) is 11.0. The Bertz CT molecular complexity index is 1690. The van der Waals surface area contributed by atoms with Gasteiger partial charge in [0.2, 0.25) is 5.91 Å². The van der Waals surface area contributed by atoms with E-state index in [4.69, 9.17) is 9.78 Å². The van der Waals surface area contributed by atoms with E-state index in [1.807, 2.05) is 6.07 Å². The number of carbonyl (C=O) groups excluding carboxylic acids is 2. The van der Waals surface area contributed by atoms with Gasteiger partial charge in [0.05, 0.1) is 33.8 Å². The summed E-state index contributed by atoms with van der Waals surface area (Å²) in [6, 6.07) is 11.7. The molecule has 198 valence electrons. The molecule has 0 bridgehead atoms. The minimum Gasteiger partial charge on any atom is -0.478 e. The number of halogens is 3. The molecule has 0 aliphatic heterocycles. The van der Waals surface area contributed by atoms with Gasteiger partial charge in [0.15, 0.2) is 11.3 Å². The van der Waals surface area contributed by atoms with Crippen molar-refractivity contribution >= 4 is 51.9 Å². The van der Waals surface area contributed by atoms with Gasteiger partial charge in [-0.15, -0.1) is 11.8 Å². The fourth-order valence-corrected chi connectivity index (χ4v) is 4.51. The van der Waals surface area contributed by atoms with Gasteiger partial charge < -0.3 is 20.3 Å². The average Bonchev–Trinajstić information content (AvgIpc) is 3.30. The molecule has 0 spiro atoms. The van der Waals surface area contributed by atoms with Gasteiger partial charge in [-0.1, -0.05) is 11.2 Å². The topological polar surface area (TPSA) is 145 Å². The summed E-state index contributed by atoms with van der Waals surface area (Å²) < 4.78 is 47.2. The number of rotatable bonds is 6. The number of hydrogen-bond donors (Lipinski definition) is 3. The number of nitriles is 1. The molecular weight excluding hydrogens is 537 g/mol. The van der Waals surface area contributed by atoms with Crippen molar-refractivity contribution in [1.82, 2.24) is 5.16 Å².